The first-order chi connectivity index (χ1) is 14.2. The maximum Gasteiger partial charge on any atom is 0.255 e. The fraction of sp³-hybridized carbons (Fsp3) is 0.0800. The minimum atomic E-state index is -0.156. The fourth-order valence-electron chi connectivity index (χ4n) is 3.15. The number of amides is 1. The highest BCUT2D eigenvalue weighted by Gasteiger charge is 2.10. The van der Waals surface area contributed by atoms with Crippen LogP contribution in [-0.2, 0) is 6.42 Å². The zero-order valence-corrected chi connectivity index (χ0v) is 17.4. The smallest absolute Gasteiger partial charge is 0.255 e. The van der Waals surface area contributed by atoms with Gasteiger partial charge in [0.2, 0.25) is 0 Å². The topological polar surface area (TPSA) is 38.3 Å². The standard InChI is InChI=1S/C25H20BrNO2/c26-23-17-21(11-13-24(23)29-15-14-18-6-2-1-3-7-18)25(28)27-22-12-10-19-8-4-5-9-20(19)16-22/h1-13,16-17H,14-15H2,(H,27,28). The number of halogens is 1. The molecule has 1 amide bonds. The van der Waals surface area contributed by atoms with Crippen LogP contribution in [0.1, 0.15) is 15.9 Å². The van der Waals surface area contributed by atoms with Gasteiger partial charge in [0.1, 0.15) is 5.75 Å². The molecular formula is C25H20BrNO2. The molecular weight excluding hydrogens is 426 g/mol. The fourth-order valence-corrected chi connectivity index (χ4v) is 3.65. The van der Waals surface area contributed by atoms with E-state index in [0.29, 0.717) is 12.2 Å². The summed E-state index contributed by atoms with van der Waals surface area (Å²) < 4.78 is 6.62. The lowest BCUT2D eigenvalue weighted by molar-refractivity contribution is 0.102. The Morgan fingerprint density at radius 2 is 1.59 bits per heavy atom. The highest BCUT2D eigenvalue weighted by atomic mass is 79.9. The van der Waals surface area contributed by atoms with E-state index in [0.717, 1.165) is 33.1 Å². The van der Waals surface area contributed by atoms with Crippen molar-refractivity contribution < 1.29 is 9.53 Å². The summed E-state index contributed by atoms with van der Waals surface area (Å²) in [7, 11) is 0. The number of nitrogens with one attached hydrogen (secondary N) is 1. The number of fused-ring (bicyclic) bond motifs is 1. The van der Waals surface area contributed by atoms with E-state index in [9.17, 15) is 4.79 Å². The summed E-state index contributed by atoms with van der Waals surface area (Å²) >= 11 is 3.51. The molecule has 0 aliphatic heterocycles. The summed E-state index contributed by atoms with van der Waals surface area (Å²) in [4.78, 5) is 12.6. The van der Waals surface area contributed by atoms with Crippen molar-refractivity contribution in [1.29, 1.82) is 0 Å². The summed E-state index contributed by atoms with van der Waals surface area (Å²) in [6, 6.07) is 29.6. The normalized spacial score (nSPS) is 10.7. The number of anilines is 1. The molecule has 3 nitrogen and oxygen atoms in total. The van der Waals surface area contributed by atoms with E-state index in [2.05, 4.69) is 39.4 Å². The van der Waals surface area contributed by atoms with E-state index in [1.54, 1.807) is 12.1 Å². The van der Waals surface area contributed by atoms with Crippen molar-refractivity contribution in [2.75, 3.05) is 11.9 Å². The Balaban J connectivity index is 1.40. The van der Waals surface area contributed by atoms with Gasteiger partial charge in [0.25, 0.3) is 5.91 Å². The monoisotopic (exact) mass is 445 g/mol. The molecule has 0 aliphatic rings. The van der Waals surface area contributed by atoms with Gasteiger partial charge in [-0.25, -0.2) is 0 Å². The quantitative estimate of drug-likeness (QED) is 0.368. The van der Waals surface area contributed by atoms with Crippen LogP contribution in [0.2, 0.25) is 0 Å². The molecule has 0 atom stereocenters. The number of hydrogen-bond donors (Lipinski definition) is 1. The predicted molar refractivity (Wildman–Crippen MR) is 122 cm³/mol. The number of rotatable bonds is 6. The predicted octanol–water partition coefficient (Wildman–Crippen LogP) is 6.48. The molecule has 0 radical (unpaired) electrons. The molecule has 4 aromatic rings. The average molecular weight is 446 g/mol. The van der Waals surface area contributed by atoms with Gasteiger partial charge in [-0.3, -0.25) is 4.79 Å². The highest BCUT2D eigenvalue weighted by Crippen LogP contribution is 2.27. The van der Waals surface area contributed by atoms with Crippen LogP contribution in [-0.4, -0.2) is 12.5 Å². The first-order valence-corrected chi connectivity index (χ1v) is 10.2. The number of benzene rings is 4. The van der Waals surface area contributed by atoms with Crippen molar-refractivity contribution in [1.82, 2.24) is 0 Å². The van der Waals surface area contributed by atoms with Crippen LogP contribution >= 0.6 is 15.9 Å². The van der Waals surface area contributed by atoms with Crippen LogP contribution in [0.4, 0.5) is 5.69 Å². The third-order valence-electron chi connectivity index (χ3n) is 4.69. The summed E-state index contributed by atoms with van der Waals surface area (Å²) in [5.74, 6) is 0.569. The molecule has 0 bridgehead atoms. The Morgan fingerprint density at radius 3 is 2.38 bits per heavy atom. The Kier molecular flexibility index (Phi) is 5.92. The zero-order valence-electron chi connectivity index (χ0n) is 15.8. The summed E-state index contributed by atoms with van der Waals surface area (Å²) in [5, 5.41) is 5.20. The molecule has 4 rings (SSSR count). The molecule has 0 unspecified atom stereocenters. The van der Waals surface area contributed by atoms with Crippen molar-refractivity contribution in [2.45, 2.75) is 6.42 Å². The van der Waals surface area contributed by atoms with E-state index >= 15 is 0 Å². The van der Waals surface area contributed by atoms with Crippen molar-refractivity contribution in [3.63, 3.8) is 0 Å². The Morgan fingerprint density at radius 1 is 0.828 bits per heavy atom. The van der Waals surface area contributed by atoms with Crippen LogP contribution in [0.25, 0.3) is 10.8 Å². The molecule has 0 heterocycles. The van der Waals surface area contributed by atoms with Crippen LogP contribution < -0.4 is 10.1 Å². The van der Waals surface area contributed by atoms with E-state index < -0.39 is 0 Å². The van der Waals surface area contributed by atoms with Crippen molar-refractivity contribution in [3.05, 3.63) is 107 Å². The Labute approximate surface area is 178 Å². The molecule has 0 fully saturated rings. The second-order valence-electron chi connectivity index (χ2n) is 6.75. The van der Waals surface area contributed by atoms with Gasteiger partial charge in [0.05, 0.1) is 11.1 Å². The van der Waals surface area contributed by atoms with Crippen LogP contribution in [0.15, 0.2) is 95.5 Å². The molecule has 144 valence electrons. The molecule has 0 aromatic heterocycles. The SMILES string of the molecule is O=C(Nc1ccc2ccccc2c1)c1ccc(OCCc2ccccc2)c(Br)c1. The minimum absolute atomic E-state index is 0.156. The second kappa shape index (κ2) is 8.93. The highest BCUT2D eigenvalue weighted by molar-refractivity contribution is 9.10. The third-order valence-corrected chi connectivity index (χ3v) is 5.31. The van der Waals surface area contributed by atoms with Gasteiger partial charge in [0.15, 0.2) is 0 Å². The third kappa shape index (κ3) is 4.84. The number of ether oxygens (including phenoxy) is 1. The summed E-state index contributed by atoms with van der Waals surface area (Å²) in [6.07, 6.45) is 0.831. The van der Waals surface area contributed by atoms with E-state index in [4.69, 9.17) is 4.74 Å². The van der Waals surface area contributed by atoms with Gasteiger partial charge in [-0.15, -0.1) is 0 Å². The number of carbonyl (C=O) groups excluding carboxylic acids is 1. The van der Waals surface area contributed by atoms with E-state index in [-0.39, 0.29) is 5.91 Å². The Bertz CT molecular complexity index is 1140. The van der Waals surface area contributed by atoms with Gasteiger partial charge >= 0.3 is 0 Å². The molecule has 0 saturated heterocycles. The van der Waals surface area contributed by atoms with Crippen LogP contribution in [0, 0.1) is 0 Å². The zero-order chi connectivity index (χ0) is 20.1. The van der Waals surface area contributed by atoms with Crippen molar-refractivity contribution in [2.24, 2.45) is 0 Å². The lowest BCUT2D eigenvalue weighted by Gasteiger charge is -2.11. The molecule has 0 saturated carbocycles. The van der Waals surface area contributed by atoms with Crippen LogP contribution in [0.3, 0.4) is 0 Å². The lowest BCUT2D eigenvalue weighted by Crippen LogP contribution is -2.12. The average Bonchev–Trinajstić information content (AvgIpc) is 2.75. The second-order valence-corrected chi connectivity index (χ2v) is 7.60. The van der Waals surface area contributed by atoms with Crippen molar-refractivity contribution in [3.8, 4) is 5.75 Å². The van der Waals surface area contributed by atoms with Gasteiger partial charge in [-0.05, 0) is 62.6 Å². The van der Waals surface area contributed by atoms with Gasteiger partial charge < -0.3 is 10.1 Å². The maximum absolute atomic E-state index is 12.6. The van der Waals surface area contributed by atoms with E-state index in [1.165, 1.54) is 5.56 Å². The number of carbonyl (C=O) groups is 1. The summed E-state index contributed by atoms with van der Waals surface area (Å²) in [6.45, 7) is 0.575. The molecule has 1 N–H and O–H groups in total. The Hall–Kier alpha value is -3.11. The molecule has 0 spiro atoms. The molecule has 0 aliphatic carbocycles. The lowest BCUT2D eigenvalue weighted by atomic mass is 10.1. The molecule has 4 heteroatoms. The van der Waals surface area contributed by atoms with Gasteiger partial charge in [-0.1, -0.05) is 60.7 Å². The van der Waals surface area contributed by atoms with Gasteiger partial charge in [0, 0.05) is 17.7 Å². The largest absolute Gasteiger partial charge is 0.492 e. The number of hydrogen-bond acceptors (Lipinski definition) is 2. The van der Waals surface area contributed by atoms with Crippen LogP contribution in [0.5, 0.6) is 5.75 Å². The first kappa shape index (κ1) is 19.2. The minimum Gasteiger partial charge on any atom is -0.492 e. The molecule has 4 aromatic carbocycles. The summed E-state index contributed by atoms with van der Waals surface area (Å²) in [5.41, 5.74) is 2.57. The first-order valence-electron chi connectivity index (χ1n) is 9.45. The van der Waals surface area contributed by atoms with Crippen molar-refractivity contribution >= 4 is 38.3 Å². The maximum atomic E-state index is 12.6. The van der Waals surface area contributed by atoms with Gasteiger partial charge in [-0.2, -0.15) is 0 Å². The van der Waals surface area contributed by atoms with E-state index in [1.807, 2.05) is 60.7 Å². The molecule has 29 heavy (non-hydrogen) atoms.